The highest BCUT2D eigenvalue weighted by Gasteiger charge is 2.17. The molecule has 27 heavy (non-hydrogen) atoms. The lowest BCUT2D eigenvalue weighted by atomic mass is 10.2. The summed E-state index contributed by atoms with van der Waals surface area (Å²) in [7, 11) is -3.36. The van der Waals surface area contributed by atoms with Gasteiger partial charge in [0.15, 0.2) is 15.0 Å². The van der Waals surface area contributed by atoms with Crippen molar-refractivity contribution in [3.63, 3.8) is 0 Å². The van der Waals surface area contributed by atoms with Crippen LogP contribution in [0.4, 0.5) is 10.8 Å². The van der Waals surface area contributed by atoms with Crippen LogP contribution in [0.15, 0.2) is 47.4 Å². The van der Waals surface area contributed by atoms with Crippen molar-refractivity contribution in [1.82, 2.24) is 4.98 Å². The maximum atomic E-state index is 12.5. The maximum absolute atomic E-state index is 12.5. The molecule has 1 amide bonds. The second-order valence-corrected chi connectivity index (χ2v) is 9.65. The summed E-state index contributed by atoms with van der Waals surface area (Å²) in [6.45, 7) is 2.08. The van der Waals surface area contributed by atoms with Crippen molar-refractivity contribution in [2.45, 2.75) is 17.7 Å². The van der Waals surface area contributed by atoms with E-state index in [1.165, 1.54) is 25.0 Å². The SMILES string of the molecule is CS(=O)(=O)c1cccc(C(=O)Nc2ccc3nc(N4CCCC4)sc3c2)c1. The molecule has 6 nitrogen and oxygen atoms in total. The number of amides is 1. The van der Waals surface area contributed by atoms with Gasteiger partial charge in [-0.3, -0.25) is 4.79 Å². The van der Waals surface area contributed by atoms with Crippen molar-refractivity contribution in [1.29, 1.82) is 0 Å². The van der Waals surface area contributed by atoms with Gasteiger partial charge in [0.25, 0.3) is 5.91 Å². The third-order valence-electron chi connectivity index (χ3n) is 4.54. The molecule has 0 unspecified atom stereocenters. The average Bonchev–Trinajstić information content (AvgIpc) is 3.30. The van der Waals surface area contributed by atoms with Crippen molar-refractivity contribution in [3.8, 4) is 0 Å². The number of sulfone groups is 1. The Balaban J connectivity index is 1.57. The Morgan fingerprint density at radius 2 is 1.93 bits per heavy atom. The molecule has 140 valence electrons. The fourth-order valence-corrected chi connectivity index (χ4v) is 4.83. The van der Waals surface area contributed by atoms with E-state index in [0.29, 0.717) is 11.3 Å². The summed E-state index contributed by atoms with van der Waals surface area (Å²) >= 11 is 1.62. The zero-order chi connectivity index (χ0) is 19.0. The van der Waals surface area contributed by atoms with Crippen LogP contribution in [0.5, 0.6) is 0 Å². The highest BCUT2D eigenvalue weighted by Crippen LogP contribution is 2.32. The van der Waals surface area contributed by atoms with E-state index in [1.807, 2.05) is 18.2 Å². The molecular formula is C19H19N3O3S2. The molecule has 0 aliphatic carbocycles. The number of thiazole rings is 1. The molecule has 8 heteroatoms. The largest absolute Gasteiger partial charge is 0.348 e. The van der Waals surface area contributed by atoms with Gasteiger partial charge in [0.2, 0.25) is 0 Å². The predicted molar refractivity (Wildman–Crippen MR) is 109 cm³/mol. The Labute approximate surface area is 161 Å². The van der Waals surface area contributed by atoms with Gasteiger partial charge in [-0.2, -0.15) is 0 Å². The van der Waals surface area contributed by atoms with Crippen LogP contribution in [0.1, 0.15) is 23.2 Å². The summed E-state index contributed by atoms with van der Waals surface area (Å²) in [5.41, 5.74) is 1.88. The molecule has 3 aromatic rings. The Morgan fingerprint density at radius 1 is 1.15 bits per heavy atom. The van der Waals surface area contributed by atoms with Gasteiger partial charge in [-0.05, 0) is 49.2 Å². The first-order valence-electron chi connectivity index (χ1n) is 8.67. The second kappa shape index (κ2) is 6.94. The number of rotatable bonds is 4. The highest BCUT2D eigenvalue weighted by atomic mass is 32.2. The van der Waals surface area contributed by atoms with E-state index < -0.39 is 9.84 Å². The Kier molecular flexibility index (Phi) is 4.61. The summed E-state index contributed by atoms with van der Waals surface area (Å²) in [6, 6.07) is 11.7. The average molecular weight is 402 g/mol. The molecule has 0 radical (unpaired) electrons. The number of carbonyl (C=O) groups is 1. The number of nitrogens with one attached hydrogen (secondary N) is 1. The first-order valence-corrected chi connectivity index (χ1v) is 11.4. The van der Waals surface area contributed by atoms with E-state index in [-0.39, 0.29) is 10.8 Å². The van der Waals surface area contributed by atoms with E-state index in [4.69, 9.17) is 0 Å². The molecule has 1 saturated heterocycles. The molecular weight excluding hydrogens is 382 g/mol. The predicted octanol–water partition coefficient (Wildman–Crippen LogP) is 3.55. The minimum Gasteiger partial charge on any atom is -0.348 e. The second-order valence-electron chi connectivity index (χ2n) is 6.63. The van der Waals surface area contributed by atoms with Crippen LogP contribution in [0.3, 0.4) is 0 Å². The van der Waals surface area contributed by atoms with Gasteiger partial charge in [0, 0.05) is 30.6 Å². The molecule has 1 fully saturated rings. The summed E-state index contributed by atoms with van der Waals surface area (Å²) in [4.78, 5) is 19.6. The fraction of sp³-hybridized carbons (Fsp3) is 0.263. The summed E-state index contributed by atoms with van der Waals surface area (Å²) in [6.07, 6.45) is 3.52. The Bertz CT molecular complexity index is 1120. The number of nitrogens with zero attached hydrogens (tertiary/aromatic N) is 2. The molecule has 0 saturated carbocycles. The zero-order valence-electron chi connectivity index (χ0n) is 14.8. The van der Waals surface area contributed by atoms with Crippen molar-refractivity contribution in [2.75, 3.05) is 29.6 Å². The molecule has 0 bridgehead atoms. The maximum Gasteiger partial charge on any atom is 0.255 e. The number of hydrogen-bond acceptors (Lipinski definition) is 6. The van der Waals surface area contributed by atoms with Gasteiger partial charge < -0.3 is 10.2 Å². The molecule has 1 N–H and O–H groups in total. The summed E-state index contributed by atoms with van der Waals surface area (Å²) in [5, 5.41) is 3.86. The number of carbonyl (C=O) groups excluding carboxylic acids is 1. The monoisotopic (exact) mass is 401 g/mol. The summed E-state index contributed by atoms with van der Waals surface area (Å²) in [5.74, 6) is -0.343. The van der Waals surface area contributed by atoms with E-state index >= 15 is 0 Å². The van der Waals surface area contributed by atoms with Crippen LogP contribution < -0.4 is 10.2 Å². The lowest BCUT2D eigenvalue weighted by Gasteiger charge is -2.11. The number of anilines is 2. The first-order chi connectivity index (χ1) is 12.9. The van der Waals surface area contributed by atoms with Gasteiger partial charge in [-0.15, -0.1) is 0 Å². The Hall–Kier alpha value is -2.45. The first kappa shape index (κ1) is 17.9. The lowest BCUT2D eigenvalue weighted by Crippen LogP contribution is -2.16. The number of aromatic nitrogens is 1. The van der Waals surface area contributed by atoms with Gasteiger partial charge in [0.1, 0.15) is 0 Å². The van der Waals surface area contributed by atoms with Crippen LogP contribution in [-0.2, 0) is 9.84 Å². The number of benzene rings is 2. The molecule has 0 atom stereocenters. The van der Waals surface area contributed by atoms with Gasteiger partial charge >= 0.3 is 0 Å². The van der Waals surface area contributed by atoms with E-state index in [9.17, 15) is 13.2 Å². The zero-order valence-corrected chi connectivity index (χ0v) is 16.4. The standard InChI is InChI=1S/C19H19N3O3S2/c1-27(24,25)15-6-4-5-13(11-15)18(23)20-14-7-8-16-17(12-14)26-19(21-16)22-9-2-3-10-22/h4-8,11-12H,2-3,9-10H2,1H3,(H,20,23). The molecule has 0 spiro atoms. The van der Waals surface area contributed by atoms with E-state index in [0.717, 1.165) is 34.7 Å². The highest BCUT2D eigenvalue weighted by molar-refractivity contribution is 7.90. The number of fused-ring (bicyclic) bond motifs is 1. The van der Waals surface area contributed by atoms with Gasteiger partial charge in [0.05, 0.1) is 15.1 Å². The topological polar surface area (TPSA) is 79.4 Å². The summed E-state index contributed by atoms with van der Waals surface area (Å²) < 4.78 is 24.4. The van der Waals surface area contributed by atoms with Crippen molar-refractivity contribution >= 4 is 48.1 Å². The van der Waals surface area contributed by atoms with Crippen molar-refractivity contribution in [2.24, 2.45) is 0 Å². The quantitative estimate of drug-likeness (QED) is 0.723. The third kappa shape index (κ3) is 3.81. The molecule has 1 aromatic heterocycles. The van der Waals surface area contributed by atoms with E-state index in [1.54, 1.807) is 23.5 Å². The minimum atomic E-state index is -3.36. The van der Waals surface area contributed by atoms with Gasteiger partial charge in [-0.1, -0.05) is 17.4 Å². The smallest absolute Gasteiger partial charge is 0.255 e. The van der Waals surface area contributed by atoms with Gasteiger partial charge in [-0.25, -0.2) is 13.4 Å². The van der Waals surface area contributed by atoms with Crippen LogP contribution in [-0.4, -0.2) is 38.7 Å². The van der Waals surface area contributed by atoms with Crippen molar-refractivity contribution in [3.05, 3.63) is 48.0 Å². The lowest BCUT2D eigenvalue weighted by molar-refractivity contribution is 0.102. The van der Waals surface area contributed by atoms with Crippen LogP contribution in [0.2, 0.25) is 0 Å². The third-order valence-corrected chi connectivity index (χ3v) is 6.73. The fourth-order valence-electron chi connectivity index (χ4n) is 3.11. The molecule has 1 aliphatic heterocycles. The molecule has 1 aliphatic rings. The molecule has 2 aromatic carbocycles. The van der Waals surface area contributed by atoms with Crippen LogP contribution in [0, 0.1) is 0 Å². The number of hydrogen-bond donors (Lipinski definition) is 1. The molecule has 2 heterocycles. The minimum absolute atomic E-state index is 0.128. The van der Waals surface area contributed by atoms with Crippen molar-refractivity contribution < 1.29 is 13.2 Å². The Morgan fingerprint density at radius 3 is 2.67 bits per heavy atom. The van der Waals surface area contributed by atoms with E-state index in [2.05, 4.69) is 15.2 Å². The van der Waals surface area contributed by atoms with Crippen LogP contribution >= 0.6 is 11.3 Å². The van der Waals surface area contributed by atoms with Crippen LogP contribution in [0.25, 0.3) is 10.2 Å². The molecule has 4 rings (SSSR count). The normalized spacial score (nSPS) is 14.6.